The summed E-state index contributed by atoms with van der Waals surface area (Å²) >= 11 is 0. The number of amides is 1. The van der Waals surface area contributed by atoms with Gasteiger partial charge in [-0.25, -0.2) is 9.78 Å². The first-order chi connectivity index (χ1) is 28.9. The fourth-order valence-electron chi connectivity index (χ4n) is 7.15. The lowest BCUT2D eigenvalue weighted by atomic mass is 10.1. The minimum absolute atomic E-state index is 0.260. The fraction of sp³-hybridized carbons (Fsp3) is 0.467. The second-order valence-corrected chi connectivity index (χ2v) is 15.8. The standard InChI is InChI=1S/C45H60N8O7/c1-10-11-18-46-42-41-37(30-53(49-41)29-34-23-31(12-17-38(34)57-7)26-50-19-21-51(22-20-50)44(54)60-45(2,3)4)47-43(48-42)52(27-32-13-15-35(55-5)24-39(32)58-8)28-33-14-16-36(56-6)25-40(33)59-9/h12-17,23-25,30H,10-11,18-22,26-29H2,1-9H3,(H,46,47,48). The molecule has 0 spiro atoms. The average Bonchev–Trinajstić information content (AvgIpc) is 3.66. The van der Waals surface area contributed by atoms with Crippen LogP contribution < -0.4 is 33.9 Å². The van der Waals surface area contributed by atoms with E-state index in [1.807, 2.05) is 74.1 Å². The monoisotopic (exact) mass is 824 g/mol. The first-order valence-electron chi connectivity index (χ1n) is 20.5. The Balaban J connectivity index is 1.31. The number of fused-ring (bicyclic) bond motifs is 1. The van der Waals surface area contributed by atoms with E-state index in [-0.39, 0.29) is 6.09 Å². The molecule has 2 aromatic heterocycles. The van der Waals surface area contributed by atoms with Crippen LogP contribution in [0.2, 0.25) is 0 Å². The van der Waals surface area contributed by atoms with Crippen LogP contribution >= 0.6 is 0 Å². The molecule has 0 atom stereocenters. The summed E-state index contributed by atoms with van der Waals surface area (Å²) in [6, 6.07) is 17.9. The summed E-state index contributed by atoms with van der Waals surface area (Å²) in [7, 11) is 8.27. The van der Waals surface area contributed by atoms with Crippen molar-refractivity contribution in [2.24, 2.45) is 0 Å². The largest absolute Gasteiger partial charge is 0.497 e. The van der Waals surface area contributed by atoms with Gasteiger partial charge in [-0.3, -0.25) is 9.58 Å². The number of carbonyl (C=O) groups excluding carboxylic acids is 1. The molecule has 0 bridgehead atoms. The summed E-state index contributed by atoms with van der Waals surface area (Å²) in [5, 5.41) is 8.61. The fourth-order valence-corrected chi connectivity index (χ4v) is 7.15. The second kappa shape index (κ2) is 19.9. The molecule has 0 radical (unpaired) electrons. The van der Waals surface area contributed by atoms with Gasteiger partial charge in [0.1, 0.15) is 39.9 Å². The highest BCUT2D eigenvalue weighted by Gasteiger charge is 2.26. The van der Waals surface area contributed by atoms with E-state index in [0.29, 0.717) is 78.5 Å². The molecule has 15 heteroatoms. The van der Waals surface area contributed by atoms with Crippen molar-refractivity contribution in [3.63, 3.8) is 0 Å². The van der Waals surface area contributed by atoms with Gasteiger partial charge in [0.15, 0.2) is 11.3 Å². The van der Waals surface area contributed by atoms with Crippen LogP contribution in [0.25, 0.3) is 11.0 Å². The number of nitrogens with zero attached hydrogens (tertiary/aromatic N) is 7. The van der Waals surface area contributed by atoms with Crippen molar-refractivity contribution in [2.75, 3.05) is 78.5 Å². The van der Waals surface area contributed by atoms with E-state index in [1.54, 1.807) is 40.4 Å². The molecule has 3 aromatic carbocycles. The first-order valence-corrected chi connectivity index (χ1v) is 20.5. The Bertz CT molecular complexity index is 2160. The lowest BCUT2D eigenvalue weighted by Gasteiger charge is -2.35. The number of unbranched alkanes of at least 4 members (excludes halogenated alkanes) is 1. The Hall–Kier alpha value is -5.96. The van der Waals surface area contributed by atoms with Crippen LogP contribution in [0.3, 0.4) is 0 Å². The Kier molecular flexibility index (Phi) is 14.4. The molecule has 1 fully saturated rings. The van der Waals surface area contributed by atoms with Gasteiger partial charge in [0.05, 0.1) is 48.3 Å². The summed E-state index contributed by atoms with van der Waals surface area (Å²) in [5.74, 6) is 4.73. The van der Waals surface area contributed by atoms with Crippen molar-refractivity contribution in [3.8, 4) is 28.7 Å². The molecule has 0 unspecified atom stereocenters. The van der Waals surface area contributed by atoms with Crippen molar-refractivity contribution >= 4 is 28.9 Å². The molecular weight excluding hydrogens is 765 g/mol. The van der Waals surface area contributed by atoms with E-state index in [4.69, 9.17) is 43.5 Å². The summed E-state index contributed by atoms with van der Waals surface area (Å²) in [4.78, 5) is 29.2. The predicted molar refractivity (Wildman–Crippen MR) is 233 cm³/mol. The van der Waals surface area contributed by atoms with Crippen molar-refractivity contribution in [2.45, 2.75) is 72.3 Å². The SMILES string of the molecule is CCCCNc1nc(N(Cc2ccc(OC)cc2OC)Cc2ccc(OC)cc2OC)nc2cn(Cc3cc(CN4CCN(C(=O)OC(C)(C)C)CC4)ccc3OC)nc12. The molecule has 5 aromatic rings. The van der Waals surface area contributed by atoms with Crippen LogP contribution in [0.5, 0.6) is 28.7 Å². The maximum Gasteiger partial charge on any atom is 0.410 e. The number of ether oxygens (including phenoxy) is 6. The van der Waals surface area contributed by atoms with E-state index < -0.39 is 5.60 Å². The molecule has 1 N–H and O–H groups in total. The van der Waals surface area contributed by atoms with Gasteiger partial charge in [0.25, 0.3) is 0 Å². The smallest absolute Gasteiger partial charge is 0.410 e. The maximum absolute atomic E-state index is 12.6. The zero-order chi connectivity index (χ0) is 42.8. The Morgan fingerprint density at radius 3 is 1.95 bits per heavy atom. The lowest BCUT2D eigenvalue weighted by Crippen LogP contribution is -2.49. The summed E-state index contributed by atoms with van der Waals surface area (Å²) in [5.41, 5.74) is 4.86. The van der Waals surface area contributed by atoms with Gasteiger partial charge in [0.2, 0.25) is 5.95 Å². The summed E-state index contributed by atoms with van der Waals surface area (Å²) in [6.07, 6.45) is 3.70. The van der Waals surface area contributed by atoms with Crippen LogP contribution in [0.15, 0.2) is 60.8 Å². The molecule has 15 nitrogen and oxygen atoms in total. The number of carbonyl (C=O) groups is 1. The van der Waals surface area contributed by atoms with Gasteiger partial charge in [-0.05, 0) is 69.2 Å². The second-order valence-electron chi connectivity index (χ2n) is 15.8. The quantitative estimate of drug-likeness (QED) is 0.0881. The van der Waals surface area contributed by atoms with Gasteiger partial charge >= 0.3 is 6.09 Å². The van der Waals surface area contributed by atoms with Crippen LogP contribution in [-0.4, -0.2) is 110 Å². The van der Waals surface area contributed by atoms with Crippen LogP contribution in [0.4, 0.5) is 16.6 Å². The maximum atomic E-state index is 12.6. The zero-order valence-electron chi connectivity index (χ0n) is 36.5. The van der Waals surface area contributed by atoms with E-state index in [2.05, 4.69) is 34.2 Å². The topological polar surface area (TPSA) is 138 Å². The third kappa shape index (κ3) is 11.0. The van der Waals surface area contributed by atoms with E-state index in [0.717, 1.165) is 67.0 Å². The Labute approximate surface area is 353 Å². The summed E-state index contributed by atoms with van der Waals surface area (Å²) < 4.78 is 36.0. The van der Waals surface area contributed by atoms with Crippen LogP contribution in [0.1, 0.15) is 62.8 Å². The zero-order valence-corrected chi connectivity index (χ0v) is 36.5. The molecule has 1 aliphatic heterocycles. The number of hydrogen-bond donors (Lipinski definition) is 1. The highest BCUT2D eigenvalue weighted by atomic mass is 16.6. The van der Waals surface area contributed by atoms with Gasteiger partial charge in [-0.2, -0.15) is 10.1 Å². The Morgan fingerprint density at radius 2 is 1.38 bits per heavy atom. The number of anilines is 2. The van der Waals surface area contributed by atoms with Crippen molar-refractivity contribution < 1.29 is 33.2 Å². The van der Waals surface area contributed by atoms with Crippen molar-refractivity contribution in [1.82, 2.24) is 29.5 Å². The molecule has 0 saturated carbocycles. The van der Waals surface area contributed by atoms with E-state index in [9.17, 15) is 4.79 Å². The third-order valence-corrected chi connectivity index (χ3v) is 10.3. The van der Waals surface area contributed by atoms with Crippen molar-refractivity contribution in [3.05, 3.63) is 83.0 Å². The minimum atomic E-state index is -0.518. The molecule has 0 aliphatic carbocycles. The van der Waals surface area contributed by atoms with Gasteiger partial charge in [-0.1, -0.05) is 19.4 Å². The number of piperazine rings is 1. The number of methoxy groups -OCH3 is 5. The average molecular weight is 825 g/mol. The number of rotatable bonds is 18. The number of hydrogen-bond acceptors (Lipinski definition) is 13. The molecule has 1 aliphatic rings. The predicted octanol–water partition coefficient (Wildman–Crippen LogP) is 7.39. The number of aromatic nitrogens is 4. The van der Waals surface area contributed by atoms with Gasteiger partial charge in [-0.15, -0.1) is 0 Å². The molecule has 322 valence electrons. The van der Waals surface area contributed by atoms with Crippen LogP contribution in [-0.2, 0) is 30.9 Å². The molecule has 6 rings (SSSR count). The summed E-state index contributed by atoms with van der Waals surface area (Å²) in [6.45, 7) is 13.4. The van der Waals surface area contributed by atoms with Gasteiger partial charge < -0.3 is 43.5 Å². The highest BCUT2D eigenvalue weighted by Crippen LogP contribution is 2.33. The van der Waals surface area contributed by atoms with Crippen LogP contribution in [0, 0.1) is 0 Å². The van der Waals surface area contributed by atoms with E-state index in [1.165, 1.54) is 0 Å². The first kappa shape index (κ1) is 43.6. The molecule has 3 heterocycles. The number of benzene rings is 3. The molecular formula is C45H60N8O7. The Morgan fingerprint density at radius 1 is 0.750 bits per heavy atom. The van der Waals surface area contributed by atoms with Crippen molar-refractivity contribution in [1.29, 1.82) is 0 Å². The van der Waals surface area contributed by atoms with Gasteiger partial charge in [0, 0.05) is 81.2 Å². The normalized spacial score (nSPS) is 13.2. The lowest BCUT2D eigenvalue weighted by molar-refractivity contribution is 0.0139. The highest BCUT2D eigenvalue weighted by molar-refractivity contribution is 5.86. The molecule has 60 heavy (non-hydrogen) atoms. The third-order valence-electron chi connectivity index (χ3n) is 10.3. The van der Waals surface area contributed by atoms with E-state index >= 15 is 0 Å². The minimum Gasteiger partial charge on any atom is -0.497 e. The number of nitrogens with one attached hydrogen (secondary N) is 1. The molecule has 1 amide bonds. The molecule has 1 saturated heterocycles.